The fourth-order valence-electron chi connectivity index (χ4n) is 2.18. The average molecular weight is 258 g/mol. The van der Waals surface area contributed by atoms with Gasteiger partial charge in [-0.25, -0.2) is 9.78 Å². The maximum atomic E-state index is 12.2. The molecule has 0 spiro atoms. The molecule has 1 aromatic heterocycles. The Hall–Kier alpha value is -2.70. The molecule has 7 nitrogen and oxygen atoms in total. The van der Waals surface area contributed by atoms with E-state index in [1.807, 2.05) is 0 Å². The SMILES string of the molecule is O=C(O)c1ccc2c(c1)CCN2C(=O)c1ncn[nH]1. The van der Waals surface area contributed by atoms with Gasteiger partial charge in [-0.2, -0.15) is 5.10 Å². The van der Waals surface area contributed by atoms with E-state index in [4.69, 9.17) is 5.11 Å². The van der Waals surface area contributed by atoms with Crippen molar-refractivity contribution in [3.63, 3.8) is 0 Å². The molecule has 2 heterocycles. The third kappa shape index (κ3) is 1.85. The van der Waals surface area contributed by atoms with E-state index >= 15 is 0 Å². The quantitative estimate of drug-likeness (QED) is 0.826. The fraction of sp³-hybridized carbons (Fsp3) is 0.167. The number of carbonyl (C=O) groups excluding carboxylic acids is 1. The van der Waals surface area contributed by atoms with E-state index in [0.29, 0.717) is 13.0 Å². The predicted octanol–water partition coefficient (Wildman–Crippen LogP) is 0.706. The molecule has 0 saturated carbocycles. The average Bonchev–Trinajstić information content (AvgIpc) is 3.06. The number of carboxylic acid groups (broad SMARTS) is 1. The fourth-order valence-corrected chi connectivity index (χ4v) is 2.18. The van der Waals surface area contributed by atoms with Crippen molar-refractivity contribution < 1.29 is 14.7 Å². The van der Waals surface area contributed by atoms with Crippen LogP contribution in [-0.4, -0.2) is 38.7 Å². The molecule has 96 valence electrons. The van der Waals surface area contributed by atoms with Crippen LogP contribution in [0.4, 0.5) is 5.69 Å². The number of hydrogen-bond acceptors (Lipinski definition) is 4. The number of aromatic amines is 1. The Morgan fingerprint density at radius 1 is 1.37 bits per heavy atom. The molecule has 1 amide bonds. The van der Waals surface area contributed by atoms with Crippen molar-refractivity contribution in [2.75, 3.05) is 11.4 Å². The summed E-state index contributed by atoms with van der Waals surface area (Å²) in [5, 5.41) is 15.1. The first kappa shape index (κ1) is 11.4. The van der Waals surface area contributed by atoms with Gasteiger partial charge in [-0.05, 0) is 30.2 Å². The summed E-state index contributed by atoms with van der Waals surface area (Å²) in [6, 6.07) is 4.75. The summed E-state index contributed by atoms with van der Waals surface area (Å²) < 4.78 is 0. The molecule has 0 saturated heterocycles. The minimum Gasteiger partial charge on any atom is -0.478 e. The smallest absolute Gasteiger partial charge is 0.335 e. The second-order valence-electron chi connectivity index (χ2n) is 4.19. The number of H-pyrrole nitrogens is 1. The lowest BCUT2D eigenvalue weighted by Gasteiger charge is -2.15. The first-order valence-corrected chi connectivity index (χ1v) is 5.70. The van der Waals surface area contributed by atoms with Gasteiger partial charge < -0.3 is 10.0 Å². The molecular formula is C12H10N4O3. The van der Waals surface area contributed by atoms with Crippen LogP contribution in [0.5, 0.6) is 0 Å². The van der Waals surface area contributed by atoms with Crippen molar-refractivity contribution in [2.24, 2.45) is 0 Å². The molecule has 1 aliphatic rings. The number of carbonyl (C=O) groups is 2. The number of nitrogens with one attached hydrogen (secondary N) is 1. The third-order valence-corrected chi connectivity index (χ3v) is 3.08. The second kappa shape index (κ2) is 4.20. The molecule has 0 atom stereocenters. The molecule has 0 aliphatic carbocycles. The molecule has 19 heavy (non-hydrogen) atoms. The van der Waals surface area contributed by atoms with Crippen LogP contribution in [0.1, 0.15) is 26.5 Å². The van der Waals surface area contributed by atoms with Crippen LogP contribution < -0.4 is 4.90 Å². The Morgan fingerprint density at radius 2 is 2.21 bits per heavy atom. The van der Waals surface area contributed by atoms with Gasteiger partial charge in [0.25, 0.3) is 5.91 Å². The lowest BCUT2D eigenvalue weighted by molar-refractivity contribution is 0.0696. The van der Waals surface area contributed by atoms with E-state index in [1.165, 1.54) is 12.4 Å². The number of nitrogens with zero attached hydrogens (tertiary/aromatic N) is 3. The predicted molar refractivity (Wildman–Crippen MR) is 65.2 cm³/mol. The lowest BCUT2D eigenvalue weighted by atomic mass is 10.1. The number of benzene rings is 1. The summed E-state index contributed by atoms with van der Waals surface area (Å²) in [7, 11) is 0. The van der Waals surface area contributed by atoms with Gasteiger partial charge in [-0.15, -0.1) is 0 Å². The van der Waals surface area contributed by atoms with E-state index < -0.39 is 5.97 Å². The Labute approximate surface area is 107 Å². The van der Waals surface area contributed by atoms with Crippen LogP contribution in [0.2, 0.25) is 0 Å². The first-order chi connectivity index (χ1) is 9.16. The summed E-state index contributed by atoms with van der Waals surface area (Å²) in [5.74, 6) is -1.06. The van der Waals surface area contributed by atoms with Crippen LogP contribution in [0.15, 0.2) is 24.5 Å². The van der Waals surface area contributed by atoms with Crippen molar-refractivity contribution in [1.82, 2.24) is 15.2 Å². The third-order valence-electron chi connectivity index (χ3n) is 3.08. The second-order valence-corrected chi connectivity index (χ2v) is 4.19. The highest BCUT2D eigenvalue weighted by atomic mass is 16.4. The molecule has 1 aromatic carbocycles. The van der Waals surface area contributed by atoms with Crippen LogP contribution in [-0.2, 0) is 6.42 Å². The number of amides is 1. The van der Waals surface area contributed by atoms with E-state index in [2.05, 4.69) is 15.2 Å². The van der Waals surface area contributed by atoms with Crippen molar-refractivity contribution in [3.8, 4) is 0 Å². The zero-order valence-corrected chi connectivity index (χ0v) is 9.83. The molecule has 1 aliphatic heterocycles. The number of aromatic nitrogens is 3. The van der Waals surface area contributed by atoms with Gasteiger partial charge >= 0.3 is 5.97 Å². The summed E-state index contributed by atoms with van der Waals surface area (Å²) in [4.78, 5) is 28.5. The van der Waals surface area contributed by atoms with Crippen LogP contribution in [0.25, 0.3) is 0 Å². The molecule has 0 fully saturated rings. The number of aromatic carboxylic acids is 1. The van der Waals surface area contributed by atoms with Gasteiger partial charge in [-0.3, -0.25) is 9.89 Å². The molecule has 7 heteroatoms. The summed E-state index contributed by atoms with van der Waals surface area (Å²) in [6.45, 7) is 0.512. The Morgan fingerprint density at radius 3 is 2.89 bits per heavy atom. The highest BCUT2D eigenvalue weighted by Crippen LogP contribution is 2.29. The summed E-state index contributed by atoms with van der Waals surface area (Å²) in [5.41, 5.74) is 1.81. The largest absolute Gasteiger partial charge is 0.478 e. The summed E-state index contributed by atoms with van der Waals surface area (Å²) in [6.07, 6.45) is 1.91. The van der Waals surface area contributed by atoms with Crippen molar-refractivity contribution >= 4 is 17.6 Å². The maximum Gasteiger partial charge on any atom is 0.335 e. The first-order valence-electron chi connectivity index (χ1n) is 5.70. The zero-order chi connectivity index (χ0) is 13.4. The molecule has 2 N–H and O–H groups in total. The Balaban J connectivity index is 1.94. The van der Waals surface area contributed by atoms with E-state index in [-0.39, 0.29) is 17.3 Å². The molecule has 0 unspecified atom stereocenters. The van der Waals surface area contributed by atoms with Gasteiger partial charge in [0.05, 0.1) is 5.56 Å². The van der Waals surface area contributed by atoms with Crippen LogP contribution in [0.3, 0.4) is 0 Å². The number of carboxylic acids is 1. The topological polar surface area (TPSA) is 99.2 Å². The standard InChI is InChI=1S/C12H10N4O3/c17-11(10-13-6-14-15-10)16-4-3-7-5-8(12(18)19)1-2-9(7)16/h1-2,5-6H,3-4H2,(H,18,19)(H,13,14,15). The Kier molecular flexibility index (Phi) is 2.52. The minimum absolute atomic E-state index is 0.176. The number of rotatable bonds is 2. The number of anilines is 1. The monoisotopic (exact) mass is 258 g/mol. The van der Waals surface area contributed by atoms with Gasteiger partial charge in [0.1, 0.15) is 6.33 Å². The highest BCUT2D eigenvalue weighted by molar-refractivity contribution is 6.05. The number of hydrogen-bond donors (Lipinski definition) is 2. The maximum absolute atomic E-state index is 12.2. The minimum atomic E-state index is -0.970. The Bertz CT molecular complexity index is 651. The van der Waals surface area contributed by atoms with Gasteiger partial charge in [-0.1, -0.05) is 0 Å². The molecule has 3 rings (SSSR count). The van der Waals surface area contributed by atoms with Crippen LogP contribution >= 0.6 is 0 Å². The van der Waals surface area contributed by atoms with E-state index in [1.54, 1.807) is 17.0 Å². The van der Waals surface area contributed by atoms with Gasteiger partial charge in [0.15, 0.2) is 0 Å². The van der Waals surface area contributed by atoms with Gasteiger partial charge in [0, 0.05) is 12.2 Å². The zero-order valence-electron chi connectivity index (χ0n) is 9.83. The molecular weight excluding hydrogens is 248 g/mol. The highest BCUT2D eigenvalue weighted by Gasteiger charge is 2.27. The molecule has 2 aromatic rings. The molecule has 0 bridgehead atoms. The normalized spacial score (nSPS) is 13.4. The van der Waals surface area contributed by atoms with Crippen molar-refractivity contribution in [3.05, 3.63) is 41.5 Å². The van der Waals surface area contributed by atoms with Gasteiger partial charge in [0.2, 0.25) is 5.82 Å². The van der Waals surface area contributed by atoms with Crippen molar-refractivity contribution in [1.29, 1.82) is 0 Å². The molecule has 0 radical (unpaired) electrons. The van der Waals surface area contributed by atoms with E-state index in [0.717, 1.165) is 11.3 Å². The summed E-state index contributed by atoms with van der Waals surface area (Å²) >= 11 is 0. The van der Waals surface area contributed by atoms with Crippen molar-refractivity contribution in [2.45, 2.75) is 6.42 Å². The van der Waals surface area contributed by atoms with E-state index in [9.17, 15) is 9.59 Å². The lowest BCUT2D eigenvalue weighted by Crippen LogP contribution is -2.29. The van der Waals surface area contributed by atoms with Crippen LogP contribution in [0, 0.1) is 0 Å². The number of fused-ring (bicyclic) bond motifs is 1.